The molecule has 0 unspecified atom stereocenters. The van der Waals surface area contributed by atoms with Crippen LogP contribution in [0.4, 0.5) is 0 Å². The topological polar surface area (TPSA) is 20.3 Å². The largest absolute Gasteiger partial charge is 0.302 e. The standard InChI is InChI=1S/C14H14ClNOS/c1-16(2)9-12(17)14-8-7-13(18-14)10-3-5-11(15)6-4-10/h3-8H,9H2,1-2H3. The minimum atomic E-state index is 0.158. The highest BCUT2D eigenvalue weighted by Gasteiger charge is 2.11. The molecule has 0 aliphatic rings. The highest BCUT2D eigenvalue weighted by Crippen LogP contribution is 2.29. The lowest BCUT2D eigenvalue weighted by Gasteiger charge is -2.06. The number of ketones is 1. The third-order valence-electron chi connectivity index (χ3n) is 2.47. The number of rotatable bonds is 4. The molecule has 0 atom stereocenters. The molecule has 2 rings (SSSR count). The maximum Gasteiger partial charge on any atom is 0.186 e. The Balaban J connectivity index is 2.20. The Hall–Kier alpha value is -1.16. The molecule has 0 amide bonds. The van der Waals surface area contributed by atoms with Crippen molar-refractivity contribution in [2.75, 3.05) is 20.6 Å². The zero-order valence-electron chi connectivity index (χ0n) is 10.3. The second-order valence-corrected chi connectivity index (χ2v) is 5.85. The zero-order valence-corrected chi connectivity index (χ0v) is 11.9. The summed E-state index contributed by atoms with van der Waals surface area (Å²) in [5, 5.41) is 0.721. The van der Waals surface area contributed by atoms with E-state index < -0.39 is 0 Å². The summed E-state index contributed by atoms with van der Waals surface area (Å²) < 4.78 is 0. The molecule has 0 aliphatic carbocycles. The van der Waals surface area contributed by atoms with Crippen LogP contribution in [-0.4, -0.2) is 31.3 Å². The molecular weight excluding hydrogens is 266 g/mol. The van der Waals surface area contributed by atoms with Gasteiger partial charge in [0.15, 0.2) is 5.78 Å². The van der Waals surface area contributed by atoms with Crippen molar-refractivity contribution < 1.29 is 4.79 Å². The average Bonchev–Trinajstić information content (AvgIpc) is 2.78. The van der Waals surface area contributed by atoms with Crippen molar-refractivity contribution >= 4 is 28.7 Å². The Morgan fingerprint density at radius 3 is 2.44 bits per heavy atom. The van der Waals surface area contributed by atoms with Crippen LogP contribution in [0.1, 0.15) is 9.67 Å². The molecule has 2 aromatic rings. The quantitative estimate of drug-likeness (QED) is 0.793. The first-order chi connectivity index (χ1) is 8.56. The Kier molecular flexibility index (Phi) is 4.17. The van der Waals surface area contributed by atoms with E-state index in [0.717, 1.165) is 20.3 Å². The summed E-state index contributed by atoms with van der Waals surface area (Å²) >= 11 is 7.38. The van der Waals surface area contributed by atoms with Gasteiger partial charge in [0.1, 0.15) is 0 Å². The predicted molar refractivity (Wildman–Crippen MR) is 77.6 cm³/mol. The lowest BCUT2D eigenvalue weighted by molar-refractivity contribution is 0.0962. The number of hydrogen-bond donors (Lipinski definition) is 0. The van der Waals surface area contributed by atoms with Gasteiger partial charge in [0, 0.05) is 9.90 Å². The molecule has 94 valence electrons. The Morgan fingerprint density at radius 2 is 1.83 bits per heavy atom. The third-order valence-corrected chi connectivity index (χ3v) is 3.90. The van der Waals surface area contributed by atoms with E-state index in [4.69, 9.17) is 11.6 Å². The van der Waals surface area contributed by atoms with Crippen molar-refractivity contribution in [1.29, 1.82) is 0 Å². The van der Waals surface area contributed by atoms with Gasteiger partial charge in [0.2, 0.25) is 0 Å². The summed E-state index contributed by atoms with van der Waals surface area (Å²) in [4.78, 5) is 15.7. The maximum absolute atomic E-state index is 11.9. The molecule has 1 aromatic carbocycles. The second kappa shape index (κ2) is 5.65. The number of carbonyl (C=O) groups excluding carboxylic acids is 1. The molecule has 0 saturated heterocycles. The van der Waals surface area contributed by atoms with Crippen molar-refractivity contribution in [2.24, 2.45) is 0 Å². The summed E-state index contributed by atoms with van der Waals surface area (Å²) in [6.45, 7) is 0.445. The van der Waals surface area contributed by atoms with Crippen molar-refractivity contribution in [3.05, 3.63) is 46.3 Å². The molecule has 0 saturated carbocycles. The van der Waals surface area contributed by atoms with Crippen LogP contribution in [0.15, 0.2) is 36.4 Å². The van der Waals surface area contributed by atoms with Crippen molar-refractivity contribution in [2.45, 2.75) is 0 Å². The van der Waals surface area contributed by atoms with Crippen molar-refractivity contribution in [1.82, 2.24) is 4.90 Å². The number of hydrogen-bond acceptors (Lipinski definition) is 3. The van der Waals surface area contributed by atoms with Crippen LogP contribution in [0.2, 0.25) is 5.02 Å². The molecule has 0 N–H and O–H groups in total. The van der Waals surface area contributed by atoms with E-state index in [2.05, 4.69) is 0 Å². The van der Waals surface area contributed by atoms with Crippen LogP contribution in [0.5, 0.6) is 0 Å². The fourth-order valence-electron chi connectivity index (χ4n) is 1.62. The van der Waals surface area contributed by atoms with E-state index in [0.29, 0.717) is 6.54 Å². The van der Waals surface area contributed by atoms with Gasteiger partial charge >= 0.3 is 0 Å². The maximum atomic E-state index is 11.9. The predicted octanol–water partition coefficient (Wildman–Crippen LogP) is 3.81. The number of thiophene rings is 1. The first-order valence-corrected chi connectivity index (χ1v) is 6.79. The van der Waals surface area contributed by atoms with Gasteiger partial charge in [0.25, 0.3) is 0 Å². The van der Waals surface area contributed by atoms with Crippen LogP contribution in [0.25, 0.3) is 10.4 Å². The first-order valence-electron chi connectivity index (χ1n) is 5.60. The molecule has 0 aliphatic heterocycles. The monoisotopic (exact) mass is 279 g/mol. The zero-order chi connectivity index (χ0) is 13.1. The van der Waals surface area contributed by atoms with Gasteiger partial charge in [0.05, 0.1) is 11.4 Å². The fraction of sp³-hybridized carbons (Fsp3) is 0.214. The molecule has 4 heteroatoms. The van der Waals surface area contributed by atoms with Gasteiger partial charge in [-0.1, -0.05) is 23.7 Å². The van der Waals surface area contributed by atoms with Gasteiger partial charge in [-0.05, 0) is 43.9 Å². The van der Waals surface area contributed by atoms with Crippen molar-refractivity contribution in [3.63, 3.8) is 0 Å². The number of likely N-dealkylation sites (N-methyl/N-ethyl adjacent to an activating group) is 1. The second-order valence-electron chi connectivity index (χ2n) is 4.33. The van der Waals surface area contributed by atoms with Crippen LogP contribution < -0.4 is 0 Å². The molecule has 0 bridgehead atoms. The highest BCUT2D eigenvalue weighted by atomic mass is 35.5. The third kappa shape index (κ3) is 3.19. The molecule has 0 fully saturated rings. The molecule has 0 radical (unpaired) electrons. The number of halogens is 1. The highest BCUT2D eigenvalue weighted by molar-refractivity contribution is 7.17. The molecular formula is C14H14ClNOS. The average molecular weight is 280 g/mol. The number of Topliss-reactive ketones (excluding diaryl/α,β-unsaturated/α-hetero) is 1. The van der Waals surface area contributed by atoms with Gasteiger partial charge in [-0.2, -0.15) is 0 Å². The lowest BCUT2D eigenvalue weighted by atomic mass is 10.2. The fourth-order valence-corrected chi connectivity index (χ4v) is 2.69. The smallest absolute Gasteiger partial charge is 0.186 e. The molecule has 1 aromatic heterocycles. The van der Waals surface area contributed by atoms with E-state index in [1.807, 2.05) is 55.4 Å². The van der Waals surface area contributed by atoms with Gasteiger partial charge in [-0.15, -0.1) is 11.3 Å². The van der Waals surface area contributed by atoms with Crippen LogP contribution >= 0.6 is 22.9 Å². The van der Waals surface area contributed by atoms with Gasteiger partial charge in [-0.3, -0.25) is 4.79 Å². The minimum Gasteiger partial charge on any atom is -0.302 e. The SMILES string of the molecule is CN(C)CC(=O)c1ccc(-c2ccc(Cl)cc2)s1. The normalized spacial score (nSPS) is 10.9. The van der Waals surface area contributed by atoms with Crippen molar-refractivity contribution in [3.8, 4) is 10.4 Å². The van der Waals surface area contributed by atoms with Gasteiger partial charge < -0.3 is 4.90 Å². The Bertz CT molecular complexity index is 545. The molecule has 2 nitrogen and oxygen atoms in total. The molecule has 0 spiro atoms. The van der Waals surface area contributed by atoms with Gasteiger partial charge in [-0.25, -0.2) is 0 Å². The van der Waals surface area contributed by atoms with E-state index in [1.54, 1.807) is 0 Å². The minimum absolute atomic E-state index is 0.158. The summed E-state index contributed by atoms with van der Waals surface area (Å²) in [6.07, 6.45) is 0. The van der Waals surface area contributed by atoms with E-state index >= 15 is 0 Å². The van der Waals surface area contributed by atoms with Crippen LogP contribution in [0.3, 0.4) is 0 Å². The van der Waals surface area contributed by atoms with Crippen LogP contribution in [0, 0.1) is 0 Å². The number of nitrogens with zero attached hydrogens (tertiary/aromatic N) is 1. The summed E-state index contributed by atoms with van der Waals surface area (Å²) in [7, 11) is 3.79. The summed E-state index contributed by atoms with van der Waals surface area (Å²) in [5.41, 5.74) is 1.09. The van der Waals surface area contributed by atoms with Crippen LogP contribution in [-0.2, 0) is 0 Å². The Labute approximate surface area is 116 Å². The summed E-state index contributed by atoms with van der Waals surface area (Å²) in [5.74, 6) is 0.158. The first kappa shape index (κ1) is 13.3. The Morgan fingerprint density at radius 1 is 1.17 bits per heavy atom. The lowest BCUT2D eigenvalue weighted by Crippen LogP contribution is -2.20. The number of benzene rings is 1. The van der Waals surface area contributed by atoms with E-state index in [-0.39, 0.29) is 5.78 Å². The van der Waals surface area contributed by atoms with E-state index in [1.165, 1.54) is 11.3 Å². The molecule has 18 heavy (non-hydrogen) atoms. The summed E-state index contributed by atoms with van der Waals surface area (Å²) in [6, 6.07) is 11.5. The molecule has 1 heterocycles. The number of carbonyl (C=O) groups is 1. The van der Waals surface area contributed by atoms with E-state index in [9.17, 15) is 4.79 Å².